The standard InChI is InChI=1S/C13H22O3/c1-2-16-13(15)11-9-7-5-3-4-6-8-10-12-14/h8,10,12H,2-7,9,11H2,1H3/b10-8-. The highest BCUT2D eigenvalue weighted by Gasteiger charge is 1.99. The molecule has 0 aliphatic carbocycles. The fourth-order valence-electron chi connectivity index (χ4n) is 1.45. The molecule has 0 saturated heterocycles. The molecule has 0 aromatic carbocycles. The van der Waals surface area contributed by atoms with E-state index in [1.807, 2.05) is 13.0 Å². The van der Waals surface area contributed by atoms with Crippen molar-refractivity contribution >= 4 is 12.3 Å². The number of ether oxygens (including phenoxy) is 1. The summed E-state index contributed by atoms with van der Waals surface area (Å²) in [6.07, 6.45) is 11.2. The summed E-state index contributed by atoms with van der Waals surface area (Å²) in [6, 6.07) is 0. The van der Waals surface area contributed by atoms with Crippen LogP contribution in [0.5, 0.6) is 0 Å². The highest BCUT2D eigenvalue weighted by molar-refractivity contribution is 5.69. The molecule has 0 aliphatic rings. The van der Waals surface area contributed by atoms with Crippen LogP contribution in [-0.4, -0.2) is 18.9 Å². The van der Waals surface area contributed by atoms with Gasteiger partial charge in [0, 0.05) is 6.42 Å². The van der Waals surface area contributed by atoms with Crippen LogP contribution in [0.3, 0.4) is 0 Å². The molecule has 0 radical (unpaired) electrons. The lowest BCUT2D eigenvalue weighted by Crippen LogP contribution is -2.03. The van der Waals surface area contributed by atoms with Crippen molar-refractivity contribution < 1.29 is 14.3 Å². The summed E-state index contributed by atoms with van der Waals surface area (Å²) in [7, 11) is 0. The van der Waals surface area contributed by atoms with E-state index in [-0.39, 0.29) is 5.97 Å². The van der Waals surface area contributed by atoms with Crippen LogP contribution in [0.2, 0.25) is 0 Å². The van der Waals surface area contributed by atoms with E-state index in [9.17, 15) is 9.59 Å². The van der Waals surface area contributed by atoms with Crippen LogP contribution in [0.1, 0.15) is 51.9 Å². The van der Waals surface area contributed by atoms with E-state index < -0.39 is 0 Å². The Hall–Kier alpha value is -1.12. The van der Waals surface area contributed by atoms with Crippen LogP contribution in [0.25, 0.3) is 0 Å². The van der Waals surface area contributed by atoms with Crippen LogP contribution in [0, 0.1) is 0 Å². The summed E-state index contributed by atoms with van der Waals surface area (Å²) in [5.74, 6) is -0.0867. The Kier molecular flexibility index (Phi) is 11.1. The predicted octanol–water partition coefficient (Wildman–Crippen LogP) is 3.04. The number of aldehydes is 1. The molecule has 0 bridgehead atoms. The Morgan fingerprint density at radius 3 is 2.50 bits per heavy atom. The molecule has 0 fully saturated rings. The van der Waals surface area contributed by atoms with Gasteiger partial charge in [-0.3, -0.25) is 9.59 Å². The third kappa shape index (κ3) is 11.0. The molecule has 0 unspecified atom stereocenters. The second-order valence-corrected chi connectivity index (χ2v) is 3.68. The van der Waals surface area contributed by atoms with Crippen molar-refractivity contribution in [1.29, 1.82) is 0 Å². The third-order valence-corrected chi connectivity index (χ3v) is 2.27. The summed E-state index contributed by atoms with van der Waals surface area (Å²) in [5, 5.41) is 0. The number of carbonyl (C=O) groups excluding carboxylic acids is 2. The van der Waals surface area contributed by atoms with Gasteiger partial charge in [-0.25, -0.2) is 0 Å². The van der Waals surface area contributed by atoms with Crippen molar-refractivity contribution in [2.75, 3.05) is 6.61 Å². The zero-order chi connectivity index (χ0) is 12.1. The smallest absolute Gasteiger partial charge is 0.305 e. The van der Waals surface area contributed by atoms with Crippen molar-refractivity contribution in [2.45, 2.75) is 51.9 Å². The van der Waals surface area contributed by atoms with E-state index in [1.165, 1.54) is 0 Å². The molecule has 0 saturated carbocycles. The van der Waals surface area contributed by atoms with Gasteiger partial charge in [-0.2, -0.15) is 0 Å². The van der Waals surface area contributed by atoms with Gasteiger partial charge >= 0.3 is 5.97 Å². The first kappa shape index (κ1) is 14.9. The van der Waals surface area contributed by atoms with Gasteiger partial charge in [-0.15, -0.1) is 0 Å². The van der Waals surface area contributed by atoms with E-state index in [4.69, 9.17) is 4.74 Å². The van der Waals surface area contributed by atoms with E-state index in [0.717, 1.165) is 44.8 Å². The number of rotatable bonds is 10. The maximum absolute atomic E-state index is 11.0. The summed E-state index contributed by atoms with van der Waals surface area (Å²) in [4.78, 5) is 21.0. The lowest BCUT2D eigenvalue weighted by Gasteiger charge is -2.01. The zero-order valence-electron chi connectivity index (χ0n) is 10.1. The zero-order valence-corrected chi connectivity index (χ0v) is 10.1. The van der Waals surface area contributed by atoms with Gasteiger partial charge in [0.2, 0.25) is 0 Å². The lowest BCUT2D eigenvalue weighted by molar-refractivity contribution is -0.143. The highest BCUT2D eigenvalue weighted by Crippen LogP contribution is 2.07. The van der Waals surface area contributed by atoms with Crippen molar-refractivity contribution in [1.82, 2.24) is 0 Å². The Morgan fingerprint density at radius 2 is 1.81 bits per heavy atom. The molecule has 0 rings (SSSR count). The van der Waals surface area contributed by atoms with Crippen LogP contribution < -0.4 is 0 Å². The molecule has 92 valence electrons. The molecule has 0 aliphatic heterocycles. The Labute approximate surface area is 97.9 Å². The molecule has 16 heavy (non-hydrogen) atoms. The number of esters is 1. The van der Waals surface area contributed by atoms with Crippen LogP contribution in [0.15, 0.2) is 12.2 Å². The lowest BCUT2D eigenvalue weighted by atomic mass is 10.1. The first-order valence-corrected chi connectivity index (χ1v) is 6.07. The normalized spacial score (nSPS) is 10.6. The minimum Gasteiger partial charge on any atom is -0.466 e. The largest absolute Gasteiger partial charge is 0.466 e. The number of hydrogen-bond donors (Lipinski definition) is 0. The van der Waals surface area contributed by atoms with Crippen molar-refractivity contribution in [3.8, 4) is 0 Å². The van der Waals surface area contributed by atoms with E-state index in [2.05, 4.69) is 0 Å². The fourth-order valence-corrected chi connectivity index (χ4v) is 1.45. The summed E-state index contributed by atoms with van der Waals surface area (Å²) >= 11 is 0. The van der Waals surface area contributed by atoms with Crippen molar-refractivity contribution in [3.63, 3.8) is 0 Å². The fraction of sp³-hybridized carbons (Fsp3) is 0.692. The van der Waals surface area contributed by atoms with Gasteiger partial charge in [0.15, 0.2) is 0 Å². The molecule has 0 N–H and O–H groups in total. The van der Waals surface area contributed by atoms with Crippen LogP contribution >= 0.6 is 0 Å². The number of unbranched alkanes of at least 4 members (excludes halogenated alkanes) is 5. The molecule has 3 nitrogen and oxygen atoms in total. The van der Waals surface area contributed by atoms with Gasteiger partial charge < -0.3 is 4.74 Å². The minimum absolute atomic E-state index is 0.0867. The summed E-state index contributed by atoms with van der Waals surface area (Å²) in [5.41, 5.74) is 0. The maximum atomic E-state index is 11.0. The SMILES string of the molecule is CCOC(=O)CCCCCCC/C=C\C=O. The van der Waals surface area contributed by atoms with Gasteiger partial charge in [-0.1, -0.05) is 25.3 Å². The molecule has 0 aromatic heterocycles. The monoisotopic (exact) mass is 226 g/mol. The number of allylic oxidation sites excluding steroid dienone is 2. The second kappa shape index (κ2) is 12.0. The summed E-state index contributed by atoms with van der Waals surface area (Å²) in [6.45, 7) is 2.30. The quantitative estimate of drug-likeness (QED) is 0.249. The molecule has 0 aromatic rings. The Morgan fingerprint density at radius 1 is 1.12 bits per heavy atom. The molecule has 0 amide bonds. The minimum atomic E-state index is -0.0867. The van der Waals surface area contributed by atoms with Gasteiger partial charge in [0.1, 0.15) is 6.29 Å². The molecule has 0 heterocycles. The molecule has 0 atom stereocenters. The Bertz CT molecular complexity index is 209. The van der Waals surface area contributed by atoms with E-state index >= 15 is 0 Å². The topological polar surface area (TPSA) is 43.4 Å². The van der Waals surface area contributed by atoms with Gasteiger partial charge in [0.25, 0.3) is 0 Å². The number of hydrogen-bond acceptors (Lipinski definition) is 3. The Balaban J connectivity index is 3.12. The second-order valence-electron chi connectivity index (χ2n) is 3.68. The maximum Gasteiger partial charge on any atom is 0.305 e. The van der Waals surface area contributed by atoms with Crippen LogP contribution in [-0.2, 0) is 14.3 Å². The first-order chi connectivity index (χ1) is 7.81. The van der Waals surface area contributed by atoms with Crippen LogP contribution in [0.4, 0.5) is 0 Å². The molecule has 3 heteroatoms. The van der Waals surface area contributed by atoms with E-state index in [1.54, 1.807) is 6.08 Å². The highest BCUT2D eigenvalue weighted by atomic mass is 16.5. The van der Waals surface area contributed by atoms with Crippen molar-refractivity contribution in [2.24, 2.45) is 0 Å². The van der Waals surface area contributed by atoms with E-state index in [0.29, 0.717) is 13.0 Å². The third-order valence-electron chi connectivity index (χ3n) is 2.27. The number of carbonyl (C=O) groups is 2. The average molecular weight is 226 g/mol. The first-order valence-electron chi connectivity index (χ1n) is 6.07. The van der Waals surface area contributed by atoms with Gasteiger partial charge in [0.05, 0.1) is 6.61 Å². The average Bonchev–Trinajstić information content (AvgIpc) is 2.27. The molecular formula is C13H22O3. The van der Waals surface area contributed by atoms with Gasteiger partial charge in [-0.05, 0) is 32.3 Å². The molecular weight excluding hydrogens is 204 g/mol. The molecule has 0 spiro atoms. The van der Waals surface area contributed by atoms with Crippen molar-refractivity contribution in [3.05, 3.63) is 12.2 Å². The summed E-state index contributed by atoms with van der Waals surface area (Å²) < 4.78 is 4.83. The predicted molar refractivity (Wildman–Crippen MR) is 64.2 cm³/mol.